The van der Waals surface area contributed by atoms with Crippen LogP contribution in [0.25, 0.3) is 11.0 Å². The van der Waals surface area contributed by atoms with Gasteiger partial charge in [-0.2, -0.15) is 0 Å². The molecule has 0 amide bonds. The molecular formula is C23H23ClN2O7S. The second-order valence-electron chi connectivity index (χ2n) is 8.71. The van der Waals surface area contributed by atoms with Crippen molar-refractivity contribution < 1.29 is 27.5 Å². The minimum Gasteiger partial charge on any atom is -0.483 e. The Morgan fingerprint density at radius 2 is 2.00 bits per heavy atom. The molecule has 11 heteroatoms. The average Bonchev–Trinajstić information content (AvgIpc) is 3.50. The lowest BCUT2D eigenvalue weighted by molar-refractivity contribution is -0.137. The fourth-order valence-electron chi connectivity index (χ4n) is 4.25. The van der Waals surface area contributed by atoms with Crippen LogP contribution in [0.1, 0.15) is 54.7 Å². The number of rotatable bonds is 7. The van der Waals surface area contributed by atoms with E-state index < -0.39 is 32.5 Å². The van der Waals surface area contributed by atoms with Crippen molar-refractivity contribution in [3.8, 4) is 5.75 Å². The number of carboxylic acid groups (broad SMARTS) is 1. The Labute approximate surface area is 200 Å². The van der Waals surface area contributed by atoms with Gasteiger partial charge in [-0.1, -0.05) is 11.6 Å². The van der Waals surface area contributed by atoms with Crippen LogP contribution >= 0.6 is 11.6 Å². The maximum absolute atomic E-state index is 13.2. The molecule has 3 aromatic rings. The summed E-state index contributed by atoms with van der Waals surface area (Å²) in [5.74, 6) is -0.706. The van der Waals surface area contributed by atoms with Gasteiger partial charge in [0.05, 0.1) is 11.8 Å². The van der Waals surface area contributed by atoms with Crippen molar-refractivity contribution in [2.24, 2.45) is 5.14 Å². The summed E-state index contributed by atoms with van der Waals surface area (Å²) < 4.78 is 36.1. The summed E-state index contributed by atoms with van der Waals surface area (Å²) in [4.78, 5) is 28.5. The Hall–Kier alpha value is -2.95. The van der Waals surface area contributed by atoms with Crippen molar-refractivity contribution in [2.45, 2.75) is 56.6 Å². The molecule has 2 heterocycles. The van der Waals surface area contributed by atoms with Crippen molar-refractivity contribution in [1.82, 2.24) is 4.98 Å². The van der Waals surface area contributed by atoms with Gasteiger partial charge in [-0.3, -0.25) is 9.59 Å². The van der Waals surface area contributed by atoms with E-state index in [-0.39, 0.29) is 28.3 Å². The first kappa shape index (κ1) is 24.2. The highest BCUT2D eigenvalue weighted by Crippen LogP contribution is 2.52. The van der Waals surface area contributed by atoms with Crippen LogP contribution < -0.4 is 15.3 Å². The molecule has 2 aromatic heterocycles. The first-order valence-electron chi connectivity index (χ1n) is 10.5. The second kappa shape index (κ2) is 8.37. The summed E-state index contributed by atoms with van der Waals surface area (Å²) in [6.07, 6.45) is 0.301. The lowest BCUT2D eigenvalue weighted by atomic mass is 9.93. The van der Waals surface area contributed by atoms with Gasteiger partial charge in [-0.05, 0) is 63.4 Å². The van der Waals surface area contributed by atoms with Crippen molar-refractivity contribution in [1.29, 1.82) is 0 Å². The summed E-state index contributed by atoms with van der Waals surface area (Å²) in [6, 6.07) is 6.19. The van der Waals surface area contributed by atoms with Gasteiger partial charge in [0.1, 0.15) is 22.6 Å². The first-order valence-corrected chi connectivity index (χ1v) is 12.4. The van der Waals surface area contributed by atoms with E-state index >= 15 is 0 Å². The molecule has 0 aliphatic heterocycles. The first-order chi connectivity index (χ1) is 15.8. The molecule has 9 nitrogen and oxygen atoms in total. The molecule has 1 aromatic carbocycles. The molecule has 0 bridgehead atoms. The van der Waals surface area contributed by atoms with E-state index in [0.717, 1.165) is 5.56 Å². The molecule has 1 aliphatic carbocycles. The van der Waals surface area contributed by atoms with Crippen molar-refractivity contribution >= 4 is 38.6 Å². The average molecular weight is 507 g/mol. The molecule has 1 aliphatic rings. The molecule has 0 unspecified atom stereocenters. The van der Waals surface area contributed by atoms with E-state index in [2.05, 4.69) is 4.98 Å². The maximum Gasteiger partial charge on any atom is 0.304 e. The minimum absolute atomic E-state index is 0.0655. The monoisotopic (exact) mass is 506 g/mol. The predicted octanol–water partition coefficient (Wildman–Crippen LogP) is 3.75. The number of nitrogens with zero attached hydrogens (tertiary/aromatic N) is 1. The normalized spacial score (nSPS) is 15.8. The molecule has 1 atom stereocenters. The number of carbonyl (C=O) groups is 1. The van der Waals surface area contributed by atoms with Crippen molar-refractivity contribution in [2.75, 3.05) is 0 Å². The van der Waals surface area contributed by atoms with Gasteiger partial charge in [0, 0.05) is 16.5 Å². The molecule has 1 saturated carbocycles. The molecule has 0 spiro atoms. The van der Waals surface area contributed by atoms with Crippen LogP contribution in [0.4, 0.5) is 0 Å². The Balaban J connectivity index is 1.87. The van der Waals surface area contributed by atoms with Gasteiger partial charge in [0.15, 0.2) is 11.2 Å². The lowest BCUT2D eigenvalue weighted by Crippen LogP contribution is -2.20. The number of fused-ring (bicyclic) bond motifs is 1. The van der Waals surface area contributed by atoms with Crippen LogP contribution in [0.5, 0.6) is 5.75 Å². The third-order valence-electron chi connectivity index (χ3n) is 6.02. The number of halogens is 1. The Morgan fingerprint density at radius 1 is 1.32 bits per heavy atom. The maximum atomic E-state index is 13.2. The van der Waals surface area contributed by atoms with Crippen molar-refractivity contribution in [3.63, 3.8) is 0 Å². The Morgan fingerprint density at radius 3 is 2.59 bits per heavy atom. The number of aromatic nitrogens is 1. The van der Waals surface area contributed by atoms with Crippen LogP contribution in [0.3, 0.4) is 0 Å². The lowest BCUT2D eigenvalue weighted by Gasteiger charge is -2.20. The van der Waals surface area contributed by atoms with E-state index in [1.54, 1.807) is 26.0 Å². The second-order valence-corrected chi connectivity index (χ2v) is 10.6. The van der Waals surface area contributed by atoms with Crippen LogP contribution in [0, 0.1) is 13.8 Å². The quantitative estimate of drug-likeness (QED) is 0.460. The van der Waals surface area contributed by atoms with Crippen LogP contribution in [0.2, 0.25) is 5.15 Å². The zero-order valence-corrected chi connectivity index (χ0v) is 20.3. The van der Waals surface area contributed by atoms with E-state index in [1.165, 1.54) is 12.1 Å². The summed E-state index contributed by atoms with van der Waals surface area (Å²) in [7, 11) is -4.23. The predicted molar refractivity (Wildman–Crippen MR) is 125 cm³/mol. The van der Waals surface area contributed by atoms with Crippen LogP contribution in [0.15, 0.2) is 38.5 Å². The smallest absolute Gasteiger partial charge is 0.304 e. The summed E-state index contributed by atoms with van der Waals surface area (Å²) in [5, 5.41) is 14.4. The summed E-state index contributed by atoms with van der Waals surface area (Å²) in [6.45, 7) is 5.12. The number of benzene rings is 1. The van der Waals surface area contributed by atoms with E-state index in [0.29, 0.717) is 35.1 Å². The highest BCUT2D eigenvalue weighted by atomic mass is 35.5. The van der Waals surface area contributed by atoms with Gasteiger partial charge in [0.25, 0.3) is 10.0 Å². The number of pyridine rings is 1. The zero-order chi connectivity index (χ0) is 25.0. The van der Waals surface area contributed by atoms with Gasteiger partial charge in [-0.25, -0.2) is 18.5 Å². The molecule has 34 heavy (non-hydrogen) atoms. The number of hydrogen-bond donors (Lipinski definition) is 2. The highest BCUT2D eigenvalue weighted by molar-refractivity contribution is 7.89. The fraction of sp³-hybridized carbons (Fsp3) is 0.348. The zero-order valence-electron chi connectivity index (χ0n) is 18.7. The SMILES string of the molecule is Cc1cc([C@@H](C)Oc2ccc(Cl)nc2S(N)(=O)=O)c2oc(C3(CC(=O)O)CC3)c(C)c(=O)c2c1. The van der Waals surface area contributed by atoms with E-state index in [4.69, 9.17) is 25.9 Å². The number of ether oxygens (including phenoxy) is 1. The van der Waals surface area contributed by atoms with Gasteiger partial charge < -0.3 is 14.3 Å². The Bertz CT molecular complexity index is 1490. The molecule has 180 valence electrons. The van der Waals surface area contributed by atoms with E-state index in [9.17, 15) is 23.1 Å². The third kappa shape index (κ3) is 4.40. The number of primary sulfonamides is 1. The topological polar surface area (TPSA) is 150 Å². The Kier molecular flexibility index (Phi) is 5.95. The fourth-order valence-corrected chi connectivity index (χ4v) is 5.07. The standard InChI is InChI=1S/C23H23ClN2O7S/c1-11-8-14(13(3)32-16-4-5-17(24)26-22(16)34(25,30)31)20-15(9-11)19(29)12(2)21(33-20)23(6-7-23)10-18(27)28/h4-5,8-9,13H,6-7,10H2,1-3H3,(H,27,28)(H2,25,30,31)/t13-/m1/s1. The summed E-state index contributed by atoms with van der Waals surface area (Å²) >= 11 is 5.83. The van der Waals surface area contributed by atoms with Gasteiger partial charge in [-0.15, -0.1) is 0 Å². The number of hydrogen-bond acceptors (Lipinski definition) is 7. The van der Waals surface area contributed by atoms with Gasteiger partial charge >= 0.3 is 5.97 Å². The molecule has 3 N–H and O–H groups in total. The highest BCUT2D eigenvalue weighted by Gasteiger charge is 2.50. The molecule has 1 fully saturated rings. The number of sulfonamides is 1. The van der Waals surface area contributed by atoms with E-state index in [1.807, 2.05) is 6.92 Å². The van der Waals surface area contributed by atoms with Gasteiger partial charge in [0.2, 0.25) is 5.03 Å². The number of nitrogens with two attached hydrogens (primary N) is 1. The number of carboxylic acids is 1. The number of aliphatic carboxylic acids is 1. The van der Waals surface area contributed by atoms with Crippen LogP contribution in [-0.2, 0) is 20.2 Å². The van der Waals surface area contributed by atoms with Crippen molar-refractivity contribution in [3.05, 3.63) is 62.1 Å². The molecular weight excluding hydrogens is 484 g/mol. The molecule has 0 saturated heterocycles. The minimum atomic E-state index is -4.23. The molecule has 0 radical (unpaired) electrons. The molecule has 4 rings (SSSR count). The number of aryl methyl sites for hydroxylation is 1. The third-order valence-corrected chi connectivity index (χ3v) is 7.06. The van der Waals surface area contributed by atoms with Crippen LogP contribution in [-0.4, -0.2) is 24.5 Å². The summed E-state index contributed by atoms with van der Waals surface area (Å²) in [5.41, 5.74) is 0.952. The largest absolute Gasteiger partial charge is 0.483 e.